The number of hydrogen-bond donors (Lipinski definition) is 3. The fourth-order valence-corrected chi connectivity index (χ4v) is 2.76. The third kappa shape index (κ3) is 3.56. The molecule has 3 N–H and O–H groups in total. The zero-order chi connectivity index (χ0) is 16.9. The van der Waals surface area contributed by atoms with Gasteiger partial charge in [0.15, 0.2) is 11.8 Å². The van der Waals surface area contributed by atoms with Crippen LogP contribution in [0.15, 0.2) is 33.9 Å². The van der Waals surface area contributed by atoms with Crippen LogP contribution in [-0.2, 0) is 13.0 Å². The van der Waals surface area contributed by atoms with Crippen molar-refractivity contribution in [1.82, 2.24) is 25.8 Å². The smallest absolute Gasteiger partial charge is 0.223 e. The normalized spacial score (nSPS) is 11.9. The third-order valence-corrected chi connectivity index (χ3v) is 3.89. The first-order valence-corrected chi connectivity index (χ1v) is 7.96. The number of aromatic nitrogens is 3. The van der Waals surface area contributed by atoms with Crippen molar-refractivity contribution >= 4 is 16.9 Å². The van der Waals surface area contributed by atoms with Crippen LogP contribution in [-0.4, -0.2) is 34.7 Å². The van der Waals surface area contributed by atoms with Crippen LogP contribution >= 0.6 is 0 Å². The quantitative estimate of drug-likeness (QED) is 0.493. The SMILES string of the molecule is CN=C(NCCc1c[nH]c2cccc(C)c12)NCc1noc(C)n1. The highest BCUT2D eigenvalue weighted by Crippen LogP contribution is 2.22. The second kappa shape index (κ2) is 7.16. The van der Waals surface area contributed by atoms with Gasteiger partial charge in [-0.2, -0.15) is 4.98 Å². The summed E-state index contributed by atoms with van der Waals surface area (Å²) in [4.78, 5) is 11.7. The topological polar surface area (TPSA) is 91.1 Å². The van der Waals surface area contributed by atoms with E-state index in [-0.39, 0.29) is 0 Å². The lowest BCUT2D eigenvalue weighted by Gasteiger charge is -2.10. The Morgan fingerprint density at radius 3 is 2.92 bits per heavy atom. The van der Waals surface area contributed by atoms with Gasteiger partial charge in [-0.25, -0.2) is 0 Å². The number of H-pyrrole nitrogens is 1. The van der Waals surface area contributed by atoms with Crippen LogP contribution in [0.3, 0.4) is 0 Å². The monoisotopic (exact) mass is 326 g/mol. The summed E-state index contributed by atoms with van der Waals surface area (Å²) in [6.45, 7) is 5.17. The molecule has 0 bridgehead atoms. The molecular weight excluding hydrogens is 304 g/mol. The van der Waals surface area contributed by atoms with E-state index in [0.717, 1.165) is 13.0 Å². The zero-order valence-electron chi connectivity index (χ0n) is 14.2. The highest BCUT2D eigenvalue weighted by molar-refractivity contribution is 5.86. The molecule has 0 fully saturated rings. The van der Waals surface area contributed by atoms with Gasteiger partial charge < -0.3 is 20.1 Å². The zero-order valence-corrected chi connectivity index (χ0v) is 14.2. The van der Waals surface area contributed by atoms with E-state index in [1.807, 2.05) is 0 Å². The second-order valence-corrected chi connectivity index (χ2v) is 5.64. The van der Waals surface area contributed by atoms with Crippen molar-refractivity contribution < 1.29 is 4.52 Å². The lowest BCUT2D eigenvalue weighted by atomic mass is 10.1. The summed E-state index contributed by atoms with van der Waals surface area (Å²) in [7, 11) is 1.74. The maximum absolute atomic E-state index is 4.95. The van der Waals surface area contributed by atoms with Crippen LogP contribution in [0.2, 0.25) is 0 Å². The molecule has 126 valence electrons. The van der Waals surface area contributed by atoms with Crippen LogP contribution in [0.5, 0.6) is 0 Å². The van der Waals surface area contributed by atoms with Gasteiger partial charge in [0, 0.05) is 37.6 Å². The van der Waals surface area contributed by atoms with Gasteiger partial charge in [-0.15, -0.1) is 0 Å². The Labute approximate surface area is 140 Å². The lowest BCUT2D eigenvalue weighted by Crippen LogP contribution is -2.38. The molecule has 0 unspecified atom stereocenters. The van der Waals surface area contributed by atoms with Crippen molar-refractivity contribution in [1.29, 1.82) is 0 Å². The fourth-order valence-electron chi connectivity index (χ4n) is 2.76. The summed E-state index contributed by atoms with van der Waals surface area (Å²) >= 11 is 0. The van der Waals surface area contributed by atoms with Crippen molar-refractivity contribution in [3.8, 4) is 0 Å². The maximum Gasteiger partial charge on any atom is 0.223 e. The summed E-state index contributed by atoms with van der Waals surface area (Å²) < 4.78 is 4.95. The second-order valence-electron chi connectivity index (χ2n) is 5.64. The van der Waals surface area contributed by atoms with Crippen molar-refractivity contribution in [2.75, 3.05) is 13.6 Å². The molecule has 0 amide bonds. The number of guanidine groups is 1. The molecule has 0 radical (unpaired) electrons. The Balaban J connectivity index is 1.54. The molecule has 3 aromatic rings. The van der Waals surface area contributed by atoms with E-state index < -0.39 is 0 Å². The van der Waals surface area contributed by atoms with Gasteiger partial charge in [0.2, 0.25) is 5.89 Å². The molecule has 1 aromatic carbocycles. The molecule has 0 saturated heterocycles. The first kappa shape index (κ1) is 16.0. The molecule has 2 aromatic heterocycles. The van der Waals surface area contributed by atoms with Crippen molar-refractivity contribution in [3.05, 3.63) is 47.2 Å². The van der Waals surface area contributed by atoms with Gasteiger partial charge in [-0.3, -0.25) is 4.99 Å². The van der Waals surface area contributed by atoms with Gasteiger partial charge in [-0.05, 0) is 30.5 Å². The van der Waals surface area contributed by atoms with E-state index in [2.05, 4.69) is 62.1 Å². The Morgan fingerprint density at radius 2 is 2.17 bits per heavy atom. The molecule has 0 aliphatic heterocycles. The minimum atomic E-state index is 0.475. The third-order valence-electron chi connectivity index (χ3n) is 3.89. The Morgan fingerprint density at radius 1 is 1.29 bits per heavy atom. The Hall–Kier alpha value is -2.83. The van der Waals surface area contributed by atoms with Gasteiger partial charge in [-0.1, -0.05) is 17.3 Å². The Bertz CT molecular complexity index is 848. The molecule has 24 heavy (non-hydrogen) atoms. The van der Waals surface area contributed by atoms with E-state index in [4.69, 9.17) is 4.52 Å². The Kier molecular flexibility index (Phi) is 4.79. The molecule has 3 rings (SSSR count). The molecule has 0 aliphatic rings. The maximum atomic E-state index is 4.95. The predicted octanol–water partition coefficient (Wildman–Crippen LogP) is 2.08. The van der Waals surface area contributed by atoms with Crippen LogP contribution in [0.1, 0.15) is 22.8 Å². The summed E-state index contributed by atoms with van der Waals surface area (Å²) in [6.07, 6.45) is 2.99. The molecule has 7 nitrogen and oxygen atoms in total. The molecule has 2 heterocycles. The summed E-state index contributed by atoms with van der Waals surface area (Å²) in [5.74, 6) is 1.89. The van der Waals surface area contributed by atoms with Gasteiger partial charge in [0.05, 0.1) is 6.54 Å². The van der Waals surface area contributed by atoms with Crippen LogP contribution in [0, 0.1) is 13.8 Å². The molecule has 0 atom stereocenters. The average molecular weight is 326 g/mol. The molecule has 7 heteroatoms. The number of nitrogens with zero attached hydrogens (tertiary/aromatic N) is 3. The lowest BCUT2D eigenvalue weighted by molar-refractivity contribution is 0.387. The van der Waals surface area contributed by atoms with Crippen molar-refractivity contribution in [2.45, 2.75) is 26.8 Å². The highest BCUT2D eigenvalue weighted by Gasteiger charge is 2.07. The van der Waals surface area contributed by atoms with E-state index in [9.17, 15) is 0 Å². The largest absolute Gasteiger partial charge is 0.361 e. The standard InChI is InChI=1S/C17H22N6O/c1-11-5-4-6-14-16(11)13(9-20-14)7-8-19-17(18-3)21-10-15-22-12(2)24-23-15/h4-6,9,20H,7-8,10H2,1-3H3,(H2,18,19,21). The van der Waals surface area contributed by atoms with Crippen molar-refractivity contribution in [3.63, 3.8) is 0 Å². The first-order valence-electron chi connectivity index (χ1n) is 7.96. The summed E-state index contributed by atoms with van der Waals surface area (Å²) in [6, 6.07) is 6.31. The number of benzene rings is 1. The van der Waals surface area contributed by atoms with Crippen LogP contribution in [0.4, 0.5) is 0 Å². The number of aromatic amines is 1. The highest BCUT2D eigenvalue weighted by atomic mass is 16.5. The van der Waals surface area contributed by atoms with Gasteiger partial charge in [0.1, 0.15) is 0 Å². The number of rotatable bonds is 5. The molecule has 0 saturated carbocycles. The minimum Gasteiger partial charge on any atom is -0.361 e. The van der Waals surface area contributed by atoms with Crippen molar-refractivity contribution in [2.24, 2.45) is 4.99 Å². The minimum absolute atomic E-state index is 0.475. The average Bonchev–Trinajstić information content (AvgIpc) is 3.18. The predicted molar refractivity (Wildman–Crippen MR) is 94.0 cm³/mol. The number of hydrogen-bond acceptors (Lipinski definition) is 4. The molecular formula is C17H22N6O. The van der Waals surface area contributed by atoms with E-state index in [1.165, 1.54) is 22.0 Å². The fraction of sp³-hybridized carbons (Fsp3) is 0.353. The van der Waals surface area contributed by atoms with E-state index in [1.54, 1.807) is 14.0 Å². The number of nitrogens with one attached hydrogen (secondary N) is 3. The van der Waals surface area contributed by atoms with Crippen LogP contribution in [0.25, 0.3) is 10.9 Å². The molecule has 0 aliphatic carbocycles. The number of aryl methyl sites for hydroxylation is 2. The summed E-state index contributed by atoms with van der Waals surface area (Å²) in [5.41, 5.74) is 3.78. The first-order chi connectivity index (χ1) is 11.7. The van der Waals surface area contributed by atoms with Crippen LogP contribution < -0.4 is 10.6 Å². The van der Waals surface area contributed by atoms with E-state index >= 15 is 0 Å². The van der Waals surface area contributed by atoms with E-state index in [0.29, 0.717) is 24.2 Å². The number of fused-ring (bicyclic) bond motifs is 1. The van der Waals surface area contributed by atoms with Gasteiger partial charge >= 0.3 is 0 Å². The molecule has 0 spiro atoms. The number of aliphatic imine (C=N–C) groups is 1. The van der Waals surface area contributed by atoms with Gasteiger partial charge in [0.25, 0.3) is 0 Å². The summed E-state index contributed by atoms with van der Waals surface area (Å²) in [5, 5.41) is 11.6.